The summed E-state index contributed by atoms with van der Waals surface area (Å²) in [7, 11) is 0. The molecule has 2 nitrogen and oxygen atoms in total. The van der Waals surface area contributed by atoms with E-state index in [0.717, 1.165) is 6.07 Å². The Morgan fingerprint density at radius 2 is 2.00 bits per heavy atom. The Morgan fingerprint density at radius 3 is 2.47 bits per heavy atom. The standard InChI is InChI=1S/C10H8ClF4NO/c11-7(9(16)17)4-5-1-2-8(12)6(3-5)10(13,14)15/h1-3,7H,4H2,(H2,16,17). The summed E-state index contributed by atoms with van der Waals surface area (Å²) in [5, 5.41) is -1.12. The first-order chi connectivity index (χ1) is 7.71. The zero-order valence-corrected chi connectivity index (χ0v) is 9.15. The summed E-state index contributed by atoms with van der Waals surface area (Å²) < 4.78 is 50.0. The van der Waals surface area contributed by atoms with Crippen LogP contribution in [0.4, 0.5) is 17.6 Å². The van der Waals surface area contributed by atoms with E-state index in [1.165, 1.54) is 0 Å². The number of nitrogens with two attached hydrogens (primary N) is 1. The Hall–Kier alpha value is -1.30. The largest absolute Gasteiger partial charge is 0.419 e. The molecule has 0 aliphatic rings. The zero-order chi connectivity index (χ0) is 13.2. The number of carbonyl (C=O) groups is 1. The van der Waals surface area contributed by atoms with Crippen LogP contribution in [0.3, 0.4) is 0 Å². The summed E-state index contributed by atoms with van der Waals surface area (Å²) in [6.07, 6.45) is -4.96. The summed E-state index contributed by atoms with van der Waals surface area (Å²) in [5.74, 6) is -2.21. The molecule has 0 fully saturated rings. The van der Waals surface area contributed by atoms with Crippen LogP contribution in [0, 0.1) is 5.82 Å². The van der Waals surface area contributed by atoms with Gasteiger partial charge in [0.2, 0.25) is 5.91 Å². The highest BCUT2D eigenvalue weighted by Gasteiger charge is 2.34. The maximum Gasteiger partial charge on any atom is 0.419 e. The Kier molecular flexibility index (Phi) is 3.98. The van der Waals surface area contributed by atoms with Gasteiger partial charge in [-0.3, -0.25) is 4.79 Å². The van der Waals surface area contributed by atoms with Crippen LogP contribution >= 0.6 is 11.6 Å². The molecule has 0 heterocycles. The number of carbonyl (C=O) groups excluding carboxylic acids is 1. The van der Waals surface area contributed by atoms with Crippen molar-refractivity contribution >= 4 is 17.5 Å². The van der Waals surface area contributed by atoms with Crippen molar-refractivity contribution in [1.29, 1.82) is 0 Å². The maximum absolute atomic E-state index is 12.9. The summed E-state index contributed by atoms with van der Waals surface area (Å²) in [5.41, 5.74) is 3.58. The zero-order valence-electron chi connectivity index (χ0n) is 8.39. The lowest BCUT2D eigenvalue weighted by Gasteiger charge is -2.11. The number of rotatable bonds is 3. The Morgan fingerprint density at radius 1 is 1.41 bits per heavy atom. The second kappa shape index (κ2) is 4.91. The average molecular weight is 270 g/mol. The van der Waals surface area contributed by atoms with E-state index in [9.17, 15) is 22.4 Å². The molecule has 0 saturated heterocycles. The fourth-order valence-corrected chi connectivity index (χ4v) is 1.40. The first-order valence-electron chi connectivity index (χ1n) is 4.51. The highest BCUT2D eigenvalue weighted by molar-refractivity contribution is 6.30. The van der Waals surface area contributed by atoms with Crippen molar-refractivity contribution < 1.29 is 22.4 Å². The molecular weight excluding hydrogens is 262 g/mol. The minimum Gasteiger partial charge on any atom is -0.368 e. The van der Waals surface area contributed by atoms with E-state index in [1.807, 2.05) is 0 Å². The smallest absolute Gasteiger partial charge is 0.368 e. The second-order valence-electron chi connectivity index (χ2n) is 3.39. The lowest BCUT2D eigenvalue weighted by atomic mass is 10.1. The van der Waals surface area contributed by atoms with Gasteiger partial charge in [0, 0.05) is 0 Å². The van der Waals surface area contributed by atoms with Crippen molar-refractivity contribution in [3.63, 3.8) is 0 Å². The Labute approximate surface area is 99.4 Å². The SMILES string of the molecule is NC(=O)C(Cl)Cc1ccc(F)c(C(F)(F)F)c1. The molecule has 0 aromatic heterocycles. The van der Waals surface area contributed by atoms with Gasteiger partial charge in [0.15, 0.2) is 0 Å². The normalized spacial score (nSPS) is 13.5. The molecule has 0 radical (unpaired) electrons. The minimum atomic E-state index is -4.78. The van der Waals surface area contributed by atoms with Gasteiger partial charge in [-0.05, 0) is 24.1 Å². The van der Waals surface area contributed by atoms with E-state index in [0.29, 0.717) is 12.1 Å². The summed E-state index contributed by atoms with van der Waals surface area (Å²) in [6.45, 7) is 0. The molecule has 1 aromatic rings. The molecule has 0 aliphatic heterocycles. The van der Waals surface area contributed by atoms with Gasteiger partial charge in [-0.2, -0.15) is 13.2 Å². The van der Waals surface area contributed by atoms with Crippen LogP contribution < -0.4 is 5.73 Å². The van der Waals surface area contributed by atoms with Crippen molar-refractivity contribution in [3.8, 4) is 0 Å². The summed E-state index contributed by atoms with van der Waals surface area (Å²) >= 11 is 5.51. The van der Waals surface area contributed by atoms with Crippen LogP contribution in [0.2, 0.25) is 0 Å². The number of halogens is 5. The number of alkyl halides is 4. The Balaban J connectivity index is 3.01. The maximum atomic E-state index is 12.9. The monoisotopic (exact) mass is 269 g/mol. The van der Waals surface area contributed by atoms with Gasteiger partial charge < -0.3 is 5.73 Å². The van der Waals surface area contributed by atoms with Crippen LogP contribution in [0.15, 0.2) is 18.2 Å². The third-order valence-corrected chi connectivity index (χ3v) is 2.43. The molecule has 1 atom stereocenters. The van der Waals surface area contributed by atoms with Crippen LogP contribution in [0.5, 0.6) is 0 Å². The molecule has 7 heteroatoms. The van der Waals surface area contributed by atoms with E-state index >= 15 is 0 Å². The van der Waals surface area contributed by atoms with E-state index in [-0.39, 0.29) is 12.0 Å². The van der Waals surface area contributed by atoms with Gasteiger partial charge in [-0.15, -0.1) is 11.6 Å². The molecule has 1 aromatic carbocycles. The highest BCUT2D eigenvalue weighted by Crippen LogP contribution is 2.32. The van der Waals surface area contributed by atoms with E-state index in [4.69, 9.17) is 17.3 Å². The van der Waals surface area contributed by atoms with Gasteiger partial charge >= 0.3 is 6.18 Å². The van der Waals surface area contributed by atoms with E-state index < -0.39 is 28.8 Å². The van der Waals surface area contributed by atoms with Crippen LogP contribution in [-0.2, 0) is 17.4 Å². The molecule has 0 bridgehead atoms. The topological polar surface area (TPSA) is 43.1 Å². The third-order valence-electron chi connectivity index (χ3n) is 2.06. The quantitative estimate of drug-likeness (QED) is 0.665. The molecule has 0 aliphatic carbocycles. The minimum absolute atomic E-state index is 0.0949. The predicted octanol–water partition coefficient (Wildman–Crippen LogP) is 2.48. The van der Waals surface area contributed by atoms with E-state index in [1.54, 1.807) is 0 Å². The van der Waals surface area contributed by atoms with Gasteiger partial charge in [0.05, 0.1) is 5.56 Å². The van der Waals surface area contributed by atoms with Crippen molar-refractivity contribution in [3.05, 3.63) is 35.1 Å². The molecule has 0 saturated carbocycles. The lowest BCUT2D eigenvalue weighted by Crippen LogP contribution is -2.25. The summed E-state index contributed by atoms with van der Waals surface area (Å²) in [6, 6.07) is 2.43. The Bertz CT molecular complexity index is 433. The summed E-state index contributed by atoms with van der Waals surface area (Å²) in [4.78, 5) is 10.6. The average Bonchev–Trinajstić information content (AvgIpc) is 2.19. The van der Waals surface area contributed by atoms with Gasteiger partial charge in [0.25, 0.3) is 0 Å². The molecule has 94 valence electrons. The van der Waals surface area contributed by atoms with Gasteiger partial charge in [0.1, 0.15) is 11.2 Å². The number of benzene rings is 1. The molecule has 0 spiro atoms. The number of primary amides is 1. The van der Waals surface area contributed by atoms with Crippen molar-refractivity contribution in [2.75, 3.05) is 0 Å². The van der Waals surface area contributed by atoms with E-state index in [2.05, 4.69) is 0 Å². The first-order valence-corrected chi connectivity index (χ1v) is 4.94. The highest BCUT2D eigenvalue weighted by atomic mass is 35.5. The lowest BCUT2D eigenvalue weighted by molar-refractivity contribution is -0.140. The fourth-order valence-electron chi connectivity index (χ4n) is 1.22. The van der Waals surface area contributed by atoms with Crippen LogP contribution in [0.1, 0.15) is 11.1 Å². The molecular formula is C10H8ClF4NO. The van der Waals surface area contributed by atoms with Gasteiger partial charge in [-0.1, -0.05) is 6.07 Å². The number of hydrogen-bond acceptors (Lipinski definition) is 1. The molecule has 1 rings (SSSR count). The van der Waals surface area contributed by atoms with Crippen molar-refractivity contribution in [1.82, 2.24) is 0 Å². The fraction of sp³-hybridized carbons (Fsp3) is 0.300. The van der Waals surface area contributed by atoms with Gasteiger partial charge in [-0.25, -0.2) is 4.39 Å². The molecule has 17 heavy (non-hydrogen) atoms. The van der Waals surface area contributed by atoms with Crippen LogP contribution in [0.25, 0.3) is 0 Å². The number of hydrogen-bond donors (Lipinski definition) is 1. The molecule has 2 N–H and O–H groups in total. The van der Waals surface area contributed by atoms with Crippen molar-refractivity contribution in [2.24, 2.45) is 5.73 Å². The number of amides is 1. The van der Waals surface area contributed by atoms with Crippen molar-refractivity contribution in [2.45, 2.75) is 18.0 Å². The van der Waals surface area contributed by atoms with Crippen LogP contribution in [-0.4, -0.2) is 11.3 Å². The predicted molar refractivity (Wildman–Crippen MR) is 53.9 cm³/mol. The molecule has 1 amide bonds. The second-order valence-corrected chi connectivity index (χ2v) is 3.91. The molecule has 1 unspecified atom stereocenters. The first kappa shape index (κ1) is 13.8. The third kappa shape index (κ3) is 3.59.